The van der Waals surface area contributed by atoms with E-state index < -0.39 is 6.36 Å². The Hall–Kier alpha value is -2.00. The topological polar surface area (TPSA) is 65.0 Å². The Morgan fingerprint density at radius 3 is 2.30 bits per heavy atom. The standard InChI is InChI=1S/C14H18F3N3O3/c15-14(16,17)23-12-3-1-11(2-4-12)18-13(22)20-7-5-19(6-8-20)9-10-21/h1-4,21H,5-10H2,(H,18,22). The van der Waals surface area contributed by atoms with E-state index in [1.807, 2.05) is 4.90 Å². The number of aliphatic hydroxyl groups excluding tert-OH is 1. The number of carbonyl (C=O) groups is 1. The third-order valence-electron chi connectivity index (χ3n) is 3.41. The van der Waals surface area contributed by atoms with Gasteiger partial charge in [-0.3, -0.25) is 4.90 Å². The van der Waals surface area contributed by atoms with Crippen LogP contribution in [0.25, 0.3) is 0 Å². The van der Waals surface area contributed by atoms with Gasteiger partial charge in [0.1, 0.15) is 5.75 Å². The van der Waals surface area contributed by atoms with Crippen LogP contribution >= 0.6 is 0 Å². The number of rotatable bonds is 4. The normalized spacial score (nSPS) is 16.3. The number of nitrogens with one attached hydrogen (secondary N) is 1. The number of anilines is 1. The van der Waals surface area contributed by atoms with E-state index in [9.17, 15) is 18.0 Å². The fourth-order valence-corrected chi connectivity index (χ4v) is 2.26. The van der Waals surface area contributed by atoms with Gasteiger partial charge in [-0.2, -0.15) is 0 Å². The molecule has 0 saturated carbocycles. The van der Waals surface area contributed by atoms with Gasteiger partial charge in [-0.05, 0) is 24.3 Å². The molecule has 6 nitrogen and oxygen atoms in total. The summed E-state index contributed by atoms with van der Waals surface area (Å²) in [7, 11) is 0. The van der Waals surface area contributed by atoms with E-state index >= 15 is 0 Å². The Kier molecular flexibility index (Phi) is 5.67. The minimum atomic E-state index is -4.74. The van der Waals surface area contributed by atoms with Crippen LogP contribution in [0.5, 0.6) is 5.75 Å². The number of halogens is 3. The molecule has 0 atom stereocenters. The number of piperazine rings is 1. The van der Waals surface area contributed by atoms with Crippen LogP contribution < -0.4 is 10.1 Å². The van der Waals surface area contributed by atoms with E-state index in [0.29, 0.717) is 38.4 Å². The summed E-state index contributed by atoms with van der Waals surface area (Å²) in [6.07, 6.45) is -4.74. The van der Waals surface area contributed by atoms with Crippen molar-refractivity contribution in [3.63, 3.8) is 0 Å². The molecule has 1 fully saturated rings. The first kappa shape index (κ1) is 17.4. The fourth-order valence-electron chi connectivity index (χ4n) is 2.26. The minimum Gasteiger partial charge on any atom is -0.406 e. The third-order valence-corrected chi connectivity index (χ3v) is 3.41. The molecule has 0 radical (unpaired) electrons. The zero-order chi connectivity index (χ0) is 16.9. The molecular formula is C14H18F3N3O3. The van der Waals surface area contributed by atoms with Gasteiger partial charge >= 0.3 is 12.4 Å². The van der Waals surface area contributed by atoms with Gasteiger partial charge < -0.3 is 20.1 Å². The molecule has 1 aliphatic rings. The van der Waals surface area contributed by atoms with Crippen LogP contribution in [-0.4, -0.2) is 66.6 Å². The van der Waals surface area contributed by atoms with E-state index in [0.717, 1.165) is 12.1 Å². The molecule has 128 valence electrons. The molecule has 9 heteroatoms. The summed E-state index contributed by atoms with van der Waals surface area (Å²) < 4.78 is 40.0. The molecule has 2 rings (SSSR count). The van der Waals surface area contributed by atoms with Crippen LogP contribution in [0.4, 0.5) is 23.7 Å². The lowest BCUT2D eigenvalue weighted by Crippen LogP contribution is -2.50. The van der Waals surface area contributed by atoms with Crippen molar-refractivity contribution in [3.05, 3.63) is 24.3 Å². The lowest BCUT2D eigenvalue weighted by Gasteiger charge is -2.34. The van der Waals surface area contributed by atoms with Gasteiger partial charge in [0.05, 0.1) is 6.61 Å². The second-order valence-corrected chi connectivity index (χ2v) is 5.05. The SMILES string of the molecule is O=C(Nc1ccc(OC(F)(F)F)cc1)N1CCN(CCO)CC1. The Morgan fingerprint density at radius 1 is 1.17 bits per heavy atom. The van der Waals surface area contributed by atoms with Crippen molar-refractivity contribution in [2.24, 2.45) is 0 Å². The molecule has 23 heavy (non-hydrogen) atoms. The predicted octanol–water partition coefficient (Wildman–Crippen LogP) is 1.73. The van der Waals surface area contributed by atoms with Crippen molar-refractivity contribution in [2.45, 2.75) is 6.36 Å². The first-order chi connectivity index (χ1) is 10.9. The van der Waals surface area contributed by atoms with E-state index in [-0.39, 0.29) is 18.4 Å². The highest BCUT2D eigenvalue weighted by atomic mass is 19.4. The zero-order valence-electron chi connectivity index (χ0n) is 12.3. The molecule has 1 heterocycles. The van der Waals surface area contributed by atoms with Crippen LogP contribution in [0.1, 0.15) is 0 Å². The summed E-state index contributed by atoms with van der Waals surface area (Å²) in [5.74, 6) is -0.340. The second kappa shape index (κ2) is 7.51. The number of urea groups is 1. The summed E-state index contributed by atoms with van der Waals surface area (Å²) in [5.41, 5.74) is 0.391. The number of alkyl halides is 3. The maximum atomic E-state index is 12.1. The molecule has 0 bridgehead atoms. The zero-order valence-corrected chi connectivity index (χ0v) is 12.3. The maximum absolute atomic E-state index is 12.1. The lowest BCUT2D eigenvalue weighted by molar-refractivity contribution is -0.274. The molecule has 1 aromatic carbocycles. The molecule has 0 aliphatic carbocycles. The van der Waals surface area contributed by atoms with Crippen molar-refractivity contribution in [1.29, 1.82) is 0 Å². The molecule has 1 aliphatic heterocycles. The van der Waals surface area contributed by atoms with Gasteiger partial charge in [0.15, 0.2) is 0 Å². The number of β-amino-alcohol motifs (C(OH)–C–C–N with tert-alkyl or cyclic N) is 1. The number of hydrogen-bond acceptors (Lipinski definition) is 4. The van der Waals surface area contributed by atoms with E-state index in [1.54, 1.807) is 4.90 Å². The Labute approximate surface area is 131 Å². The maximum Gasteiger partial charge on any atom is 0.573 e. The van der Waals surface area contributed by atoms with Crippen LogP contribution in [0, 0.1) is 0 Å². The van der Waals surface area contributed by atoms with Crippen molar-refractivity contribution < 1.29 is 27.8 Å². The molecule has 1 saturated heterocycles. The van der Waals surface area contributed by atoms with Crippen molar-refractivity contribution in [1.82, 2.24) is 9.80 Å². The van der Waals surface area contributed by atoms with Gasteiger partial charge in [-0.25, -0.2) is 4.79 Å². The monoisotopic (exact) mass is 333 g/mol. The van der Waals surface area contributed by atoms with E-state index in [1.165, 1.54) is 12.1 Å². The molecule has 2 N–H and O–H groups in total. The lowest BCUT2D eigenvalue weighted by atomic mass is 10.3. The van der Waals surface area contributed by atoms with Gasteiger partial charge in [-0.15, -0.1) is 13.2 Å². The Morgan fingerprint density at radius 2 is 1.78 bits per heavy atom. The Bertz CT molecular complexity index is 514. The van der Waals surface area contributed by atoms with Crippen molar-refractivity contribution in [2.75, 3.05) is 44.6 Å². The van der Waals surface area contributed by atoms with Crippen molar-refractivity contribution in [3.8, 4) is 5.75 Å². The van der Waals surface area contributed by atoms with Gasteiger partial charge in [0.25, 0.3) is 0 Å². The van der Waals surface area contributed by atoms with Crippen LogP contribution in [0.2, 0.25) is 0 Å². The highest BCUT2D eigenvalue weighted by Crippen LogP contribution is 2.24. The summed E-state index contributed by atoms with van der Waals surface area (Å²) in [5, 5.41) is 11.5. The first-order valence-electron chi connectivity index (χ1n) is 7.12. The van der Waals surface area contributed by atoms with Gasteiger partial charge in [-0.1, -0.05) is 0 Å². The molecule has 0 aromatic heterocycles. The largest absolute Gasteiger partial charge is 0.573 e. The number of ether oxygens (including phenoxy) is 1. The van der Waals surface area contributed by atoms with Crippen LogP contribution in [0.15, 0.2) is 24.3 Å². The highest BCUT2D eigenvalue weighted by Gasteiger charge is 2.31. The van der Waals surface area contributed by atoms with Gasteiger partial charge in [0, 0.05) is 38.4 Å². The third kappa shape index (κ3) is 5.61. The van der Waals surface area contributed by atoms with E-state index in [4.69, 9.17) is 5.11 Å². The number of benzene rings is 1. The number of amides is 2. The number of aliphatic hydroxyl groups is 1. The molecule has 2 amide bonds. The van der Waals surface area contributed by atoms with Crippen LogP contribution in [-0.2, 0) is 0 Å². The molecule has 0 unspecified atom stereocenters. The first-order valence-corrected chi connectivity index (χ1v) is 7.12. The summed E-state index contributed by atoms with van der Waals surface area (Å²) in [4.78, 5) is 15.7. The molecular weight excluding hydrogens is 315 g/mol. The average molecular weight is 333 g/mol. The summed E-state index contributed by atoms with van der Waals surface area (Å²) in [6.45, 7) is 3.07. The average Bonchev–Trinajstić information content (AvgIpc) is 2.49. The number of hydrogen-bond donors (Lipinski definition) is 2. The minimum absolute atomic E-state index is 0.0819. The highest BCUT2D eigenvalue weighted by molar-refractivity contribution is 5.89. The van der Waals surface area contributed by atoms with Crippen LogP contribution in [0.3, 0.4) is 0 Å². The second-order valence-electron chi connectivity index (χ2n) is 5.05. The number of nitrogens with zero attached hydrogens (tertiary/aromatic N) is 2. The van der Waals surface area contributed by atoms with Crippen molar-refractivity contribution >= 4 is 11.7 Å². The molecule has 0 spiro atoms. The summed E-state index contributed by atoms with van der Waals surface area (Å²) >= 11 is 0. The molecule has 1 aromatic rings. The quantitative estimate of drug-likeness (QED) is 0.881. The smallest absolute Gasteiger partial charge is 0.406 e. The Balaban J connectivity index is 1.84. The summed E-state index contributed by atoms with van der Waals surface area (Å²) in [6, 6.07) is 4.67. The predicted molar refractivity (Wildman–Crippen MR) is 77.2 cm³/mol. The van der Waals surface area contributed by atoms with Gasteiger partial charge in [0.2, 0.25) is 0 Å². The van der Waals surface area contributed by atoms with E-state index in [2.05, 4.69) is 10.1 Å². The number of carbonyl (C=O) groups excluding carboxylic acids is 1. The fraction of sp³-hybridized carbons (Fsp3) is 0.500.